The van der Waals surface area contributed by atoms with Gasteiger partial charge in [0.05, 0.1) is 12.4 Å². The molecule has 1 unspecified atom stereocenters. The van der Waals surface area contributed by atoms with Crippen molar-refractivity contribution in [2.45, 2.75) is 39.8 Å². The number of carbonyl (C=O) groups is 1. The summed E-state index contributed by atoms with van der Waals surface area (Å²) < 4.78 is 0. The fourth-order valence-corrected chi connectivity index (χ4v) is 1.85. The van der Waals surface area contributed by atoms with E-state index in [0.29, 0.717) is 24.1 Å². The first kappa shape index (κ1) is 15.9. The Bertz CT molecular complexity index is 608. The van der Waals surface area contributed by atoms with Gasteiger partial charge < -0.3 is 10.6 Å². The topological polar surface area (TPSA) is 66.9 Å². The molecule has 1 amide bonds. The molecule has 1 atom stereocenters. The lowest BCUT2D eigenvalue weighted by Crippen LogP contribution is -2.24. The standard InChI is InChI=1S/C17H22N4O/c1-4-13(3)21-16-11-18-15(10-19-16)17(22)20-9-14-7-5-12(2)6-8-14/h5-8,10-11,13H,4,9H2,1-3H3,(H,19,21)(H,20,22). The summed E-state index contributed by atoms with van der Waals surface area (Å²) in [7, 11) is 0. The lowest BCUT2D eigenvalue weighted by atomic mass is 10.1. The van der Waals surface area contributed by atoms with Crippen molar-refractivity contribution in [3.05, 3.63) is 53.5 Å². The van der Waals surface area contributed by atoms with Gasteiger partial charge in [-0.3, -0.25) is 4.79 Å². The summed E-state index contributed by atoms with van der Waals surface area (Å²) in [6.07, 6.45) is 4.09. The molecule has 116 valence electrons. The van der Waals surface area contributed by atoms with Crippen LogP contribution < -0.4 is 10.6 Å². The van der Waals surface area contributed by atoms with E-state index in [0.717, 1.165) is 12.0 Å². The van der Waals surface area contributed by atoms with Crippen LogP contribution in [0, 0.1) is 6.92 Å². The van der Waals surface area contributed by atoms with E-state index in [1.807, 2.05) is 31.2 Å². The highest BCUT2D eigenvalue weighted by molar-refractivity contribution is 5.91. The van der Waals surface area contributed by atoms with Crippen molar-refractivity contribution in [3.8, 4) is 0 Å². The summed E-state index contributed by atoms with van der Waals surface area (Å²) in [6, 6.07) is 8.38. The molecule has 2 rings (SSSR count). The Morgan fingerprint density at radius 2 is 1.91 bits per heavy atom. The Morgan fingerprint density at radius 3 is 2.50 bits per heavy atom. The van der Waals surface area contributed by atoms with Crippen molar-refractivity contribution in [2.75, 3.05) is 5.32 Å². The number of amides is 1. The monoisotopic (exact) mass is 298 g/mol. The maximum atomic E-state index is 12.0. The third kappa shape index (κ3) is 4.55. The van der Waals surface area contributed by atoms with Gasteiger partial charge in [0.1, 0.15) is 11.5 Å². The summed E-state index contributed by atoms with van der Waals surface area (Å²) in [5, 5.41) is 6.06. The number of nitrogens with one attached hydrogen (secondary N) is 2. The fourth-order valence-electron chi connectivity index (χ4n) is 1.85. The predicted octanol–water partition coefficient (Wildman–Crippen LogP) is 2.93. The van der Waals surface area contributed by atoms with E-state index in [2.05, 4.69) is 34.4 Å². The molecule has 5 heteroatoms. The van der Waals surface area contributed by atoms with Crippen LogP contribution in [0.1, 0.15) is 41.9 Å². The third-order valence-electron chi connectivity index (χ3n) is 3.46. The summed E-state index contributed by atoms with van der Waals surface area (Å²) in [6.45, 7) is 6.68. The number of rotatable bonds is 6. The predicted molar refractivity (Wildman–Crippen MR) is 87.8 cm³/mol. The van der Waals surface area contributed by atoms with Crippen molar-refractivity contribution in [1.29, 1.82) is 0 Å². The summed E-state index contributed by atoms with van der Waals surface area (Å²) in [5.41, 5.74) is 2.58. The molecule has 0 fully saturated rings. The molecule has 0 saturated carbocycles. The molecular weight excluding hydrogens is 276 g/mol. The summed E-state index contributed by atoms with van der Waals surface area (Å²) in [4.78, 5) is 20.4. The fraction of sp³-hybridized carbons (Fsp3) is 0.353. The normalized spacial score (nSPS) is 11.8. The van der Waals surface area contributed by atoms with E-state index in [-0.39, 0.29) is 5.91 Å². The zero-order valence-corrected chi connectivity index (χ0v) is 13.3. The van der Waals surface area contributed by atoms with Crippen molar-refractivity contribution in [1.82, 2.24) is 15.3 Å². The second-order valence-electron chi connectivity index (χ2n) is 5.41. The van der Waals surface area contributed by atoms with Crippen LogP contribution >= 0.6 is 0 Å². The van der Waals surface area contributed by atoms with Gasteiger partial charge in [0.15, 0.2) is 0 Å². The first-order valence-electron chi connectivity index (χ1n) is 7.50. The molecule has 2 aromatic rings. The Morgan fingerprint density at radius 1 is 1.18 bits per heavy atom. The number of nitrogens with zero attached hydrogens (tertiary/aromatic N) is 2. The maximum absolute atomic E-state index is 12.0. The van der Waals surface area contributed by atoms with Gasteiger partial charge >= 0.3 is 0 Å². The van der Waals surface area contributed by atoms with Crippen LogP contribution in [-0.2, 0) is 6.54 Å². The number of hydrogen-bond donors (Lipinski definition) is 2. The van der Waals surface area contributed by atoms with Crippen molar-refractivity contribution >= 4 is 11.7 Å². The first-order valence-corrected chi connectivity index (χ1v) is 7.50. The molecule has 0 bridgehead atoms. The number of hydrogen-bond acceptors (Lipinski definition) is 4. The van der Waals surface area contributed by atoms with Gasteiger partial charge in [-0.25, -0.2) is 9.97 Å². The highest BCUT2D eigenvalue weighted by Crippen LogP contribution is 2.06. The highest BCUT2D eigenvalue weighted by atomic mass is 16.1. The van der Waals surface area contributed by atoms with Crippen LogP contribution in [0.15, 0.2) is 36.7 Å². The van der Waals surface area contributed by atoms with Gasteiger partial charge in [-0.2, -0.15) is 0 Å². The molecule has 22 heavy (non-hydrogen) atoms. The second kappa shape index (κ2) is 7.54. The molecular formula is C17H22N4O. The molecule has 1 aromatic carbocycles. The number of anilines is 1. The number of aromatic nitrogens is 2. The van der Waals surface area contributed by atoms with E-state index in [1.54, 1.807) is 6.20 Å². The Labute approximate surface area is 131 Å². The number of benzene rings is 1. The van der Waals surface area contributed by atoms with Gasteiger partial charge in [0.25, 0.3) is 5.91 Å². The van der Waals surface area contributed by atoms with Gasteiger partial charge in [-0.15, -0.1) is 0 Å². The number of aryl methyl sites for hydroxylation is 1. The third-order valence-corrected chi connectivity index (χ3v) is 3.46. The van der Waals surface area contributed by atoms with Crippen molar-refractivity contribution in [3.63, 3.8) is 0 Å². The minimum atomic E-state index is -0.219. The van der Waals surface area contributed by atoms with Gasteiger partial charge in [0, 0.05) is 12.6 Å². The van der Waals surface area contributed by atoms with Gasteiger partial charge in [-0.1, -0.05) is 36.8 Å². The average Bonchev–Trinajstić information content (AvgIpc) is 2.54. The van der Waals surface area contributed by atoms with Crippen LogP contribution in [0.2, 0.25) is 0 Å². The Balaban J connectivity index is 1.90. The van der Waals surface area contributed by atoms with E-state index in [4.69, 9.17) is 0 Å². The zero-order chi connectivity index (χ0) is 15.9. The molecule has 0 saturated heterocycles. The van der Waals surface area contributed by atoms with Crippen LogP contribution in [0.3, 0.4) is 0 Å². The average molecular weight is 298 g/mol. The quantitative estimate of drug-likeness (QED) is 0.860. The van der Waals surface area contributed by atoms with E-state index in [9.17, 15) is 4.79 Å². The van der Waals surface area contributed by atoms with E-state index >= 15 is 0 Å². The molecule has 0 aliphatic carbocycles. The number of carbonyl (C=O) groups excluding carboxylic acids is 1. The van der Waals surface area contributed by atoms with Crippen LogP contribution in [0.4, 0.5) is 5.82 Å². The van der Waals surface area contributed by atoms with Crippen molar-refractivity contribution in [2.24, 2.45) is 0 Å². The van der Waals surface area contributed by atoms with Crippen LogP contribution in [0.25, 0.3) is 0 Å². The lowest BCUT2D eigenvalue weighted by molar-refractivity contribution is 0.0945. The minimum absolute atomic E-state index is 0.219. The SMILES string of the molecule is CCC(C)Nc1cnc(C(=O)NCc2ccc(C)cc2)cn1. The smallest absolute Gasteiger partial charge is 0.271 e. The maximum Gasteiger partial charge on any atom is 0.271 e. The second-order valence-corrected chi connectivity index (χ2v) is 5.41. The molecule has 5 nitrogen and oxygen atoms in total. The molecule has 1 heterocycles. The van der Waals surface area contributed by atoms with Crippen LogP contribution in [-0.4, -0.2) is 21.9 Å². The summed E-state index contributed by atoms with van der Waals surface area (Å²) in [5.74, 6) is 0.465. The van der Waals surface area contributed by atoms with E-state index in [1.165, 1.54) is 11.8 Å². The molecule has 2 N–H and O–H groups in total. The molecule has 1 aromatic heterocycles. The van der Waals surface area contributed by atoms with E-state index < -0.39 is 0 Å². The zero-order valence-electron chi connectivity index (χ0n) is 13.3. The Kier molecular flexibility index (Phi) is 5.47. The Hall–Kier alpha value is -2.43. The minimum Gasteiger partial charge on any atom is -0.366 e. The van der Waals surface area contributed by atoms with Crippen molar-refractivity contribution < 1.29 is 4.79 Å². The summed E-state index contributed by atoms with van der Waals surface area (Å²) >= 11 is 0. The highest BCUT2D eigenvalue weighted by Gasteiger charge is 2.08. The largest absolute Gasteiger partial charge is 0.366 e. The lowest BCUT2D eigenvalue weighted by Gasteiger charge is -2.11. The van der Waals surface area contributed by atoms with Gasteiger partial charge in [-0.05, 0) is 25.8 Å². The molecule has 0 aliphatic rings. The first-order chi connectivity index (χ1) is 10.6. The molecule has 0 spiro atoms. The molecule has 0 aliphatic heterocycles. The van der Waals surface area contributed by atoms with Gasteiger partial charge in [0.2, 0.25) is 0 Å². The molecule has 0 radical (unpaired) electrons. The van der Waals surface area contributed by atoms with Crippen LogP contribution in [0.5, 0.6) is 0 Å².